The molecule has 2 aromatic rings. The average molecular weight is 352 g/mol. The van der Waals surface area contributed by atoms with Crippen LogP contribution in [0.15, 0.2) is 48.5 Å². The number of carbonyl (C=O) groups excluding carboxylic acids is 2. The summed E-state index contributed by atoms with van der Waals surface area (Å²) >= 11 is 0. The van der Waals surface area contributed by atoms with Crippen LogP contribution in [0.2, 0.25) is 0 Å². The molecule has 3 rings (SSSR count). The molecule has 1 fully saturated rings. The number of aryl methyl sites for hydroxylation is 1. The van der Waals surface area contributed by atoms with E-state index in [0.29, 0.717) is 17.9 Å². The molecule has 0 aliphatic carbocycles. The first-order chi connectivity index (χ1) is 12.7. The summed E-state index contributed by atoms with van der Waals surface area (Å²) in [5.41, 5.74) is 2.66. The molecule has 1 saturated heterocycles. The first-order valence-electron chi connectivity index (χ1n) is 9.07. The second-order valence-corrected chi connectivity index (χ2v) is 6.39. The Bertz CT molecular complexity index is 788. The van der Waals surface area contributed by atoms with Crippen LogP contribution < -0.4 is 15.0 Å². The van der Waals surface area contributed by atoms with E-state index >= 15 is 0 Å². The zero-order valence-corrected chi connectivity index (χ0v) is 15.0. The van der Waals surface area contributed by atoms with Crippen molar-refractivity contribution in [2.24, 2.45) is 0 Å². The van der Waals surface area contributed by atoms with Crippen LogP contribution in [-0.2, 0) is 16.0 Å². The van der Waals surface area contributed by atoms with Crippen molar-refractivity contribution in [3.05, 3.63) is 54.1 Å². The molecule has 1 aliphatic rings. The summed E-state index contributed by atoms with van der Waals surface area (Å²) in [4.78, 5) is 26.0. The SMILES string of the molecule is CCc1cccc(OCC(=O)Nc2cccc(N3CCCCC3=O)c2)c1. The monoisotopic (exact) mass is 352 g/mol. The Morgan fingerprint density at radius 2 is 2.00 bits per heavy atom. The Kier molecular flexibility index (Phi) is 5.89. The molecule has 0 atom stereocenters. The highest BCUT2D eigenvalue weighted by Crippen LogP contribution is 2.24. The van der Waals surface area contributed by atoms with Crippen LogP contribution >= 0.6 is 0 Å². The van der Waals surface area contributed by atoms with E-state index in [2.05, 4.69) is 12.2 Å². The maximum Gasteiger partial charge on any atom is 0.262 e. The van der Waals surface area contributed by atoms with Gasteiger partial charge in [0.15, 0.2) is 6.61 Å². The predicted molar refractivity (Wildman–Crippen MR) is 103 cm³/mol. The second kappa shape index (κ2) is 8.52. The minimum absolute atomic E-state index is 0.0555. The third-order valence-corrected chi connectivity index (χ3v) is 4.44. The normalized spacial score (nSPS) is 14.2. The van der Waals surface area contributed by atoms with Gasteiger partial charge in [-0.05, 0) is 55.2 Å². The number of hydrogen-bond acceptors (Lipinski definition) is 3. The fraction of sp³-hybridized carbons (Fsp3) is 0.333. The van der Waals surface area contributed by atoms with Crippen molar-refractivity contribution < 1.29 is 14.3 Å². The summed E-state index contributed by atoms with van der Waals surface area (Å²) in [7, 11) is 0. The number of rotatable bonds is 6. The Hall–Kier alpha value is -2.82. The van der Waals surface area contributed by atoms with Gasteiger partial charge in [0.25, 0.3) is 5.91 Å². The van der Waals surface area contributed by atoms with Crippen molar-refractivity contribution in [3.63, 3.8) is 0 Å². The molecule has 0 aromatic heterocycles. The van der Waals surface area contributed by atoms with Gasteiger partial charge in [-0.15, -0.1) is 0 Å². The van der Waals surface area contributed by atoms with Gasteiger partial charge in [-0.3, -0.25) is 9.59 Å². The molecule has 2 aromatic carbocycles. The fourth-order valence-corrected chi connectivity index (χ4v) is 3.03. The van der Waals surface area contributed by atoms with Crippen LogP contribution in [0.5, 0.6) is 5.75 Å². The van der Waals surface area contributed by atoms with Crippen molar-refractivity contribution in [1.82, 2.24) is 0 Å². The third kappa shape index (κ3) is 4.63. The molecule has 1 N–H and O–H groups in total. The Balaban J connectivity index is 1.58. The molecule has 2 amide bonds. The summed E-state index contributed by atoms with van der Waals surface area (Å²) in [5, 5.41) is 2.83. The number of amides is 2. The Morgan fingerprint density at radius 3 is 2.81 bits per heavy atom. The van der Waals surface area contributed by atoms with Crippen LogP contribution in [-0.4, -0.2) is 25.0 Å². The summed E-state index contributed by atoms with van der Waals surface area (Å²) in [6, 6.07) is 15.1. The first kappa shape index (κ1) is 18.0. The van der Waals surface area contributed by atoms with Crippen LogP contribution in [0, 0.1) is 0 Å². The van der Waals surface area contributed by atoms with Crippen molar-refractivity contribution in [2.75, 3.05) is 23.4 Å². The van der Waals surface area contributed by atoms with E-state index in [0.717, 1.165) is 31.5 Å². The highest BCUT2D eigenvalue weighted by molar-refractivity contribution is 5.96. The van der Waals surface area contributed by atoms with E-state index in [1.807, 2.05) is 48.5 Å². The lowest BCUT2D eigenvalue weighted by Crippen LogP contribution is -2.35. The summed E-state index contributed by atoms with van der Waals surface area (Å²) in [6.45, 7) is 2.75. The van der Waals surface area contributed by atoms with Gasteiger partial charge < -0.3 is 15.0 Å². The molecule has 1 heterocycles. The highest BCUT2D eigenvalue weighted by atomic mass is 16.5. The number of nitrogens with zero attached hydrogens (tertiary/aromatic N) is 1. The maximum absolute atomic E-state index is 12.2. The molecular formula is C21H24N2O3. The zero-order valence-electron chi connectivity index (χ0n) is 15.0. The standard InChI is InChI=1S/C21H24N2O3/c1-2-16-7-5-10-19(13-16)26-15-20(24)22-17-8-6-9-18(14-17)23-12-4-3-11-21(23)25/h5-10,13-14H,2-4,11-12,15H2,1H3,(H,22,24). The predicted octanol–water partition coefficient (Wildman–Crippen LogP) is 3.78. The largest absolute Gasteiger partial charge is 0.484 e. The van der Waals surface area contributed by atoms with E-state index in [4.69, 9.17) is 4.74 Å². The Labute approximate surface area is 154 Å². The molecular weight excluding hydrogens is 328 g/mol. The number of benzene rings is 2. The number of anilines is 2. The van der Waals surface area contributed by atoms with Gasteiger partial charge in [0.1, 0.15) is 5.75 Å². The number of ether oxygens (including phenoxy) is 1. The van der Waals surface area contributed by atoms with Crippen LogP contribution in [0.1, 0.15) is 31.7 Å². The quantitative estimate of drug-likeness (QED) is 0.861. The highest BCUT2D eigenvalue weighted by Gasteiger charge is 2.19. The minimum Gasteiger partial charge on any atom is -0.484 e. The lowest BCUT2D eigenvalue weighted by molar-refractivity contribution is -0.119. The Morgan fingerprint density at radius 1 is 1.15 bits per heavy atom. The number of carbonyl (C=O) groups is 2. The van der Waals surface area contributed by atoms with Gasteiger partial charge in [0.2, 0.25) is 5.91 Å². The molecule has 5 heteroatoms. The maximum atomic E-state index is 12.2. The van der Waals surface area contributed by atoms with Crippen molar-refractivity contribution in [2.45, 2.75) is 32.6 Å². The fourth-order valence-electron chi connectivity index (χ4n) is 3.03. The summed E-state index contributed by atoms with van der Waals surface area (Å²) < 4.78 is 5.57. The van der Waals surface area contributed by atoms with Crippen molar-refractivity contribution >= 4 is 23.2 Å². The molecule has 0 unspecified atom stereocenters. The van der Waals surface area contributed by atoms with Crippen LogP contribution in [0.4, 0.5) is 11.4 Å². The summed E-state index contributed by atoms with van der Waals surface area (Å²) in [5.74, 6) is 0.597. The molecule has 0 spiro atoms. The smallest absolute Gasteiger partial charge is 0.262 e. The number of nitrogens with one attached hydrogen (secondary N) is 1. The molecule has 0 bridgehead atoms. The van der Waals surface area contributed by atoms with Gasteiger partial charge in [0.05, 0.1) is 0 Å². The number of hydrogen-bond donors (Lipinski definition) is 1. The first-order valence-corrected chi connectivity index (χ1v) is 9.07. The van der Waals surface area contributed by atoms with E-state index < -0.39 is 0 Å². The zero-order chi connectivity index (χ0) is 18.4. The van der Waals surface area contributed by atoms with E-state index in [9.17, 15) is 9.59 Å². The van der Waals surface area contributed by atoms with Crippen molar-refractivity contribution in [1.29, 1.82) is 0 Å². The van der Waals surface area contributed by atoms with Gasteiger partial charge in [-0.2, -0.15) is 0 Å². The summed E-state index contributed by atoms with van der Waals surface area (Å²) in [6.07, 6.45) is 3.46. The molecule has 0 saturated carbocycles. The number of piperidine rings is 1. The molecule has 0 radical (unpaired) electrons. The molecule has 136 valence electrons. The average Bonchev–Trinajstić information content (AvgIpc) is 2.67. The minimum atomic E-state index is -0.228. The molecule has 26 heavy (non-hydrogen) atoms. The topological polar surface area (TPSA) is 58.6 Å². The lowest BCUT2D eigenvalue weighted by atomic mass is 10.1. The van der Waals surface area contributed by atoms with Gasteiger partial charge in [-0.25, -0.2) is 0 Å². The van der Waals surface area contributed by atoms with Crippen LogP contribution in [0.25, 0.3) is 0 Å². The van der Waals surface area contributed by atoms with E-state index in [1.54, 1.807) is 4.90 Å². The van der Waals surface area contributed by atoms with Gasteiger partial charge >= 0.3 is 0 Å². The van der Waals surface area contributed by atoms with Gasteiger partial charge in [-0.1, -0.05) is 25.1 Å². The van der Waals surface area contributed by atoms with Crippen LogP contribution in [0.3, 0.4) is 0 Å². The molecule has 1 aliphatic heterocycles. The lowest BCUT2D eigenvalue weighted by Gasteiger charge is -2.27. The van der Waals surface area contributed by atoms with E-state index in [-0.39, 0.29) is 18.4 Å². The van der Waals surface area contributed by atoms with Crippen molar-refractivity contribution in [3.8, 4) is 5.75 Å². The molecule has 5 nitrogen and oxygen atoms in total. The third-order valence-electron chi connectivity index (χ3n) is 4.44. The van der Waals surface area contributed by atoms with Gasteiger partial charge in [0, 0.05) is 24.3 Å². The second-order valence-electron chi connectivity index (χ2n) is 6.39. The van der Waals surface area contributed by atoms with E-state index in [1.165, 1.54) is 5.56 Å².